The fourth-order valence-electron chi connectivity index (χ4n) is 2.16. The molecular weight excluding hydrogens is 250 g/mol. The van der Waals surface area contributed by atoms with E-state index >= 15 is 0 Å². The van der Waals surface area contributed by atoms with Gasteiger partial charge in [-0.25, -0.2) is 4.98 Å². The van der Waals surface area contributed by atoms with Crippen molar-refractivity contribution < 1.29 is 4.79 Å². The van der Waals surface area contributed by atoms with Crippen LogP contribution in [0.2, 0.25) is 0 Å². The van der Waals surface area contributed by atoms with Gasteiger partial charge in [0.05, 0.1) is 17.3 Å². The molecule has 1 aromatic heterocycles. The van der Waals surface area contributed by atoms with Crippen LogP contribution in [0.5, 0.6) is 0 Å². The van der Waals surface area contributed by atoms with E-state index in [4.69, 9.17) is 5.73 Å². The summed E-state index contributed by atoms with van der Waals surface area (Å²) in [4.78, 5) is 16.5. The van der Waals surface area contributed by atoms with Crippen LogP contribution in [0.1, 0.15) is 25.0 Å². The number of carbonyl (C=O) groups is 1. The van der Waals surface area contributed by atoms with Gasteiger partial charge in [0, 0.05) is 0 Å². The number of benzene rings is 1. The molecule has 4 heteroatoms. The number of hydrogen-bond acceptors (Lipinski definition) is 3. The monoisotopic (exact) mass is 269 g/mol. The second-order valence-corrected chi connectivity index (χ2v) is 5.37. The van der Waals surface area contributed by atoms with Crippen molar-refractivity contribution in [2.24, 2.45) is 0 Å². The average molecular weight is 269 g/mol. The number of anilines is 2. The summed E-state index contributed by atoms with van der Waals surface area (Å²) in [5.74, 6) is 0.361. The van der Waals surface area contributed by atoms with Crippen molar-refractivity contribution in [1.29, 1.82) is 0 Å². The summed E-state index contributed by atoms with van der Waals surface area (Å²) in [6, 6.07) is 11.3. The molecule has 4 nitrogen and oxygen atoms in total. The van der Waals surface area contributed by atoms with Gasteiger partial charge < -0.3 is 11.1 Å². The maximum Gasteiger partial charge on any atom is 0.234 e. The first-order chi connectivity index (χ1) is 9.41. The molecule has 0 bridgehead atoms. The van der Waals surface area contributed by atoms with Crippen molar-refractivity contribution in [1.82, 2.24) is 4.98 Å². The van der Waals surface area contributed by atoms with Gasteiger partial charge in [-0.3, -0.25) is 4.79 Å². The average Bonchev–Trinajstić information content (AvgIpc) is 2.41. The Morgan fingerprint density at radius 3 is 2.50 bits per heavy atom. The third kappa shape index (κ3) is 2.79. The van der Waals surface area contributed by atoms with Gasteiger partial charge in [-0.15, -0.1) is 0 Å². The minimum Gasteiger partial charge on any atom is -0.384 e. The lowest BCUT2D eigenvalue weighted by Crippen LogP contribution is -2.35. The Labute approximate surface area is 119 Å². The number of aromatic nitrogens is 1. The molecule has 0 fully saturated rings. The van der Waals surface area contributed by atoms with Crippen molar-refractivity contribution in [3.05, 3.63) is 53.7 Å². The van der Waals surface area contributed by atoms with E-state index in [1.54, 1.807) is 18.3 Å². The van der Waals surface area contributed by atoms with E-state index in [0.29, 0.717) is 11.5 Å². The zero-order valence-corrected chi connectivity index (χ0v) is 12.0. The van der Waals surface area contributed by atoms with E-state index in [2.05, 4.69) is 10.3 Å². The van der Waals surface area contributed by atoms with Crippen LogP contribution in [0.4, 0.5) is 11.5 Å². The molecule has 1 amide bonds. The van der Waals surface area contributed by atoms with Gasteiger partial charge in [-0.1, -0.05) is 24.3 Å². The SMILES string of the molecule is Cc1ccccc1C(C)(C)C(=O)Nc1ccc(N)nc1. The molecule has 104 valence electrons. The molecular formula is C16H19N3O. The quantitative estimate of drug-likeness (QED) is 0.900. The van der Waals surface area contributed by atoms with Gasteiger partial charge in [-0.05, 0) is 44.0 Å². The molecule has 0 saturated carbocycles. The number of nitrogens with one attached hydrogen (secondary N) is 1. The van der Waals surface area contributed by atoms with E-state index in [1.165, 1.54) is 0 Å². The lowest BCUT2D eigenvalue weighted by Gasteiger charge is -2.25. The van der Waals surface area contributed by atoms with Gasteiger partial charge in [-0.2, -0.15) is 0 Å². The molecule has 1 heterocycles. The molecule has 0 saturated heterocycles. The summed E-state index contributed by atoms with van der Waals surface area (Å²) < 4.78 is 0. The fraction of sp³-hybridized carbons (Fsp3) is 0.250. The smallest absolute Gasteiger partial charge is 0.234 e. The minimum atomic E-state index is -0.618. The number of rotatable bonds is 3. The van der Waals surface area contributed by atoms with Crippen molar-refractivity contribution in [2.45, 2.75) is 26.2 Å². The molecule has 0 aliphatic heterocycles. The third-order valence-corrected chi connectivity index (χ3v) is 3.43. The van der Waals surface area contributed by atoms with Crippen LogP contribution in [0.3, 0.4) is 0 Å². The van der Waals surface area contributed by atoms with Crippen LogP contribution in [0, 0.1) is 6.92 Å². The minimum absolute atomic E-state index is 0.0710. The molecule has 20 heavy (non-hydrogen) atoms. The number of nitrogen functional groups attached to an aromatic ring is 1. The predicted molar refractivity (Wildman–Crippen MR) is 81.5 cm³/mol. The molecule has 0 atom stereocenters. The first-order valence-corrected chi connectivity index (χ1v) is 6.50. The van der Waals surface area contributed by atoms with E-state index in [-0.39, 0.29) is 5.91 Å². The Hall–Kier alpha value is -2.36. The fourth-order valence-corrected chi connectivity index (χ4v) is 2.16. The number of pyridine rings is 1. The Morgan fingerprint density at radius 1 is 1.20 bits per heavy atom. The van der Waals surface area contributed by atoms with Crippen LogP contribution >= 0.6 is 0 Å². The lowest BCUT2D eigenvalue weighted by atomic mass is 9.81. The summed E-state index contributed by atoms with van der Waals surface area (Å²) in [5.41, 5.74) is 7.67. The first-order valence-electron chi connectivity index (χ1n) is 6.50. The number of nitrogens with two attached hydrogens (primary N) is 1. The highest BCUT2D eigenvalue weighted by Crippen LogP contribution is 2.27. The maximum atomic E-state index is 12.5. The number of carbonyl (C=O) groups excluding carboxylic acids is 1. The zero-order valence-electron chi connectivity index (χ0n) is 12.0. The highest BCUT2D eigenvalue weighted by atomic mass is 16.2. The second-order valence-electron chi connectivity index (χ2n) is 5.37. The summed E-state index contributed by atoms with van der Waals surface area (Å²) in [6.07, 6.45) is 1.56. The van der Waals surface area contributed by atoms with E-state index in [0.717, 1.165) is 11.1 Å². The van der Waals surface area contributed by atoms with E-state index in [1.807, 2.05) is 45.0 Å². The number of aryl methyl sites for hydroxylation is 1. The molecule has 0 unspecified atom stereocenters. The van der Waals surface area contributed by atoms with Gasteiger partial charge >= 0.3 is 0 Å². The van der Waals surface area contributed by atoms with E-state index in [9.17, 15) is 4.79 Å². The Morgan fingerprint density at radius 2 is 1.90 bits per heavy atom. The van der Waals surface area contributed by atoms with Crippen LogP contribution in [-0.2, 0) is 10.2 Å². The first kappa shape index (κ1) is 14.1. The summed E-state index contributed by atoms with van der Waals surface area (Å²) in [7, 11) is 0. The molecule has 0 radical (unpaired) electrons. The molecule has 2 aromatic rings. The van der Waals surface area contributed by atoms with Crippen LogP contribution in [0.15, 0.2) is 42.6 Å². The molecule has 3 N–H and O–H groups in total. The van der Waals surface area contributed by atoms with Crippen LogP contribution in [0.25, 0.3) is 0 Å². The molecule has 1 aromatic carbocycles. The molecule has 0 aliphatic rings. The zero-order chi connectivity index (χ0) is 14.8. The van der Waals surface area contributed by atoms with Gasteiger partial charge in [0.15, 0.2) is 0 Å². The molecule has 0 spiro atoms. The number of hydrogen-bond donors (Lipinski definition) is 2. The van der Waals surface area contributed by atoms with E-state index < -0.39 is 5.41 Å². The highest BCUT2D eigenvalue weighted by Gasteiger charge is 2.31. The predicted octanol–water partition coefficient (Wildman–Crippen LogP) is 2.89. The van der Waals surface area contributed by atoms with Gasteiger partial charge in [0.25, 0.3) is 0 Å². The highest BCUT2D eigenvalue weighted by molar-refractivity contribution is 5.98. The molecule has 0 aliphatic carbocycles. The van der Waals surface area contributed by atoms with Crippen molar-refractivity contribution in [3.63, 3.8) is 0 Å². The summed E-state index contributed by atoms with van der Waals surface area (Å²) in [6.45, 7) is 5.83. The maximum absolute atomic E-state index is 12.5. The Balaban J connectivity index is 2.23. The topological polar surface area (TPSA) is 68.0 Å². The van der Waals surface area contributed by atoms with Crippen LogP contribution < -0.4 is 11.1 Å². The standard InChI is InChI=1S/C16H19N3O/c1-11-6-4-5-7-13(11)16(2,3)15(20)19-12-8-9-14(17)18-10-12/h4-10H,1-3H3,(H2,17,18)(H,19,20). The Kier molecular flexibility index (Phi) is 3.74. The lowest BCUT2D eigenvalue weighted by molar-refractivity contribution is -0.120. The summed E-state index contributed by atoms with van der Waals surface area (Å²) >= 11 is 0. The Bertz CT molecular complexity index is 618. The van der Waals surface area contributed by atoms with Gasteiger partial charge in [0.2, 0.25) is 5.91 Å². The van der Waals surface area contributed by atoms with Crippen molar-refractivity contribution >= 4 is 17.4 Å². The second kappa shape index (κ2) is 5.33. The number of nitrogens with zero attached hydrogens (tertiary/aromatic N) is 1. The van der Waals surface area contributed by atoms with Crippen molar-refractivity contribution in [2.75, 3.05) is 11.1 Å². The largest absolute Gasteiger partial charge is 0.384 e. The molecule has 2 rings (SSSR count). The van der Waals surface area contributed by atoms with Gasteiger partial charge in [0.1, 0.15) is 5.82 Å². The van der Waals surface area contributed by atoms with Crippen molar-refractivity contribution in [3.8, 4) is 0 Å². The third-order valence-electron chi connectivity index (χ3n) is 3.43. The normalized spacial score (nSPS) is 11.2. The summed E-state index contributed by atoms with van der Waals surface area (Å²) in [5, 5.41) is 2.88. The van der Waals surface area contributed by atoms with Crippen LogP contribution in [-0.4, -0.2) is 10.9 Å². The number of amides is 1.